The fourth-order valence-corrected chi connectivity index (χ4v) is 0.334. The van der Waals surface area contributed by atoms with E-state index in [9.17, 15) is 9.59 Å². The molecule has 0 aromatic heterocycles. The van der Waals surface area contributed by atoms with Gasteiger partial charge < -0.3 is 14.6 Å². The maximum atomic E-state index is 10.4. The van der Waals surface area contributed by atoms with Crippen LogP contribution in [-0.2, 0) is 19.1 Å². The summed E-state index contributed by atoms with van der Waals surface area (Å²) in [5, 5.41) is 8.70. The second-order valence-electron chi connectivity index (χ2n) is 1.54. The quantitative estimate of drug-likeness (QED) is 0.343. The molecule has 0 unspecified atom stereocenters. The normalized spacial score (nSPS) is 10.5. The number of esters is 2. The van der Waals surface area contributed by atoms with Crippen LogP contribution < -0.4 is 0 Å². The molecule has 0 saturated heterocycles. The molecule has 0 amide bonds. The Kier molecular flexibility index (Phi) is 3.72. The van der Waals surface area contributed by atoms with Crippen molar-refractivity contribution < 1.29 is 24.2 Å². The Morgan fingerprint density at radius 1 is 1.27 bits per heavy atom. The molecule has 11 heavy (non-hydrogen) atoms. The van der Waals surface area contributed by atoms with Gasteiger partial charge in [-0.05, 0) is 0 Å². The Labute approximate surface area is 63.2 Å². The first-order valence-corrected chi connectivity index (χ1v) is 2.68. The zero-order valence-corrected chi connectivity index (χ0v) is 6.16. The van der Waals surface area contributed by atoms with Crippen molar-refractivity contribution in [2.75, 3.05) is 14.2 Å². The summed E-state index contributed by atoms with van der Waals surface area (Å²) < 4.78 is 8.22. The van der Waals surface area contributed by atoms with Gasteiger partial charge in [-0.15, -0.1) is 0 Å². The highest BCUT2D eigenvalue weighted by atomic mass is 16.5. The third-order valence-electron chi connectivity index (χ3n) is 0.850. The molecule has 0 fully saturated rings. The third-order valence-corrected chi connectivity index (χ3v) is 0.850. The fraction of sp³-hybridized carbons (Fsp3) is 0.333. The summed E-state index contributed by atoms with van der Waals surface area (Å²) >= 11 is 0. The predicted molar refractivity (Wildman–Crippen MR) is 34.7 cm³/mol. The van der Waals surface area contributed by atoms with Crippen LogP contribution in [0.5, 0.6) is 0 Å². The Balaban J connectivity index is 4.21. The number of aliphatic hydroxyl groups excluding tert-OH is 1. The summed E-state index contributed by atoms with van der Waals surface area (Å²) in [6.45, 7) is 0. The highest BCUT2D eigenvalue weighted by molar-refractivity contribution is 5.94. The van der Waals surface area contributed by atoms with Crippen molar-refractivity contribution in [3.05, 3.63) is 11.8 Å². The molecular formula is C6H8O5. The molecular weight excluding hydrogens is 152 g/mol. The molecule has 5 nitrogen and oxygen atoms in total. The fourth-order valence-electron chi connectivity index (χ4n) is 0.334. The molecule has 5 heteroatoms. The van der Waals surface area contributed by atoms with Gasteiger partial charge >= 0.3 is 11.9 Å². The standard InChI is InChI=1S/C6H8O5/c1-10-5(8)3-4(7)6(9)11-2/h3,7H,1-2H3. The van der Waals surface area contributed by atoms with E-state index in [-0.39, 0.29) is 0 Å². The number of carbonyl (C=O) groups excluding carboxylic acids is 2. The van der Waals surface area contributed by atoms with E-state index in [0.29, 0.717) is 6.08 Å². The van der Waals surface area contributed by atoms with E-state index in [1.165, 1.54) is 0 Å². The maximum absolute atomic E-state index is 10.4. The molecule has 0 spiro atoms. The van der Waals surface area contributed by atoms with Gasteiger partial charge in [-0.1, -0.05) is 0 Å². The average Bonchev–Trinajstić information content (AvgIpc) is 2.02. The van der Waals surface area contributed by atoms with Crippen LogP contribution in [0.4, 0.5) is 0 Å². The molecule has 0 aliphatic carbocycles. The van der Waals surface area contributed by atoms with Gasteiger partial charge in [0.2, 0.25) is 5.76 Å². The van der Waals surface area contributed by atoms with Crippen LogP contribution >= 0.6 is 0 Å². The molecule has 0 bridgehead atoms. The number of ether oxygens (including phenoxy) is 2. The van der Waals surface area contributed by atoms with Crippen LogP contribution in [0.3, 0.4) is 0 Å². The van der Waals surface area contributed by atoms with Crippen molar-refractivity contribution in [2.45, 2.75) is 0 Å². The van der Waals surface area contributed by atoms with Crippen LogP contribution in [0.2, 0.25) is 0 Å². The average molecular weight is 160 g/mol. The molecule has 0 aromatic rings. The summed E-state index contributed by atoms with van der Waals surface area (Å²) in [5.41, 5.74) is 0. The highest BCUT2D eigenvalue weighted by Gasteiger charge is 2.08. The minimum atomic E-state index is -0.976. The van der Waals surface area contributed by atoms with Crippen molar-refractivity contribution in [2.24, 2.45) is 0 Å². The van der Waals surface area contributed by atoms with Gasteiger partial charge in [-0.25, -0.2) is 9.59 Å². The molecule has 1 N–H and O–H groups in total. The first-order valence-electron chi connectivity index (χ1n) is 2.68. The zero-order valence-electron chi connectivity index (χ0n) is 6.16. The first-order chi connectivity index (χ1) is 5.11. The summed E-state index contributed by atoms with van der Waals surface area (Å²) in [4.78, 5) is 20.8. The maximum Gasteiger partial charge on any atom is 0.373 e. The molecule has 0 aliphatic heterocycles. The molecule has 0 radical (unpaired) electrons. The lowest BCUT2D eigenvalue weighted by atomic mass is 10.4. The number of methoxy groups -OCH3 is 2. The van der Waals surface area contributed by atoms with E-state index in [1.54, 1.807) is 0 Å². The minimum Gasteiger partial charge on any atom is -0.502 e. The topological polar surface area (TPSA) is 72.8 Å². The number of rotatable bonds is 2. The van der Waals surface area contributed by atoms with Crippen molar-refractivity contribution >= 4 is 11.9 Å². The van der Waals surface area contributed by atoms with E-state index in [4.69, 9.17) is 5.11 Å². The number of hydrogen-bond acceptors (Lipinski definition) is 5. The highest BCUT2D eigenvalue weighted by Crippen LogP contribution is 1.91. The van der Waals surface area contributed by atoms with Crippen LogP contribution in [0.15, 0.2) is 11.8 Å². The van der Waals surface area contributed by atoms with E-state index >= 15 is 0 Å². The van der Waals surface area contributed by atoms with Gasteiger partial charge in [0, 0.05) is 0 Å². The van der Waals surface area contributed by atoms with Crippen molar-refractivity contribution in [3.8, 4) is 0 Å². The van der Waals surface area contributed by atoms with Gasteiger partial charge in [0.05, 0.1) is 20.3 Å². The van der Waals surface area contributed by atoms with Gasteiger partial charge in [0.15, 0.2) is 0 Å². The summed E-state index contributed by atoms with van der Waals surface area (Å²) in [7, 11) is 2.22. The Morgan fingerprint density at radius 2 is 1.82 bits per heavy atom. The minimum absolute atomic E-state index is 0.631. The van der Waals surface area contributed by atoms with Crippen LogP contribution in [-0.4, -0.2) is 31.3 Å². The molecule has 62 valence electrons. The van der Waals surface area contributed by atoms with Crippen LogP contribution in [0.1, 0.15) is 0 Å². The summed E-state index contributed by atoms with van der Waals surface area (Å²) in [5.74, 6) is -2.57. The number of aliphatic hydroxyl groups is 1. The summed E-state index contributed by atoms with van der Waals surface area (Å²) in [6.07, 6.45) is 0.631. The van der Waals surface area contributed by atoms with E-state index in [1.807, 2.05) is 0 Å². The van der Waals surface area contributed by atoms with Gasteiger partial charge in [0.25, 0.3) is 0 Å². The van der Waals surface area contributed by atoms with Crippen LogP contribution in [0.25, 0.3) is 0 Å². The largest absolute Gasteiger partial charge is 0.502 e. The number of carbonyl (C=O) groups is 2. The lowest BCUT2D eigenvalue weighted by Gasteiger charge is -1.95. The number of hydrogen-bond donors (Lipinski definition) is 1. The second-order valence-corrected chi connectivity index (χ2v) is 1.54. The van der Waals surface area contributed by atoms with E-state index in [2.05, 4.69) is 9.47 Å². The smallest absolute Gasteiger partial charge is 0.373 e. The summed E-state index contributed by atoms with van der Waals surface area (Å²) in [6, 6.07) is 0. The lowest BCUT2D eigenvalue weighted by Crippen LogP contribution is -2.07. The molecule has 0 atom stereocenters. The first kappa shape index (κ1) is 9.48. The SMILES string of the molecule is COC(=O)C=C(O)C(=O)OC. The van der Waals surface area contributed by atoms with Crippen LogP contribution in [0, 0.1) is 0 Å². The zero-order chi connectivity index (χ0) is 8.85. The van der Waals surface area contributed by atoms with E-state index in [0.717, 1.165) is 14.2 Å². The van der Waals surface area contributed by atoms with Gasteiger partial charge in [0.1, 0.15) is 0 Å². The predicted octanol–water partition coefficient (Wildman–Crippen LogP) is -0.226. The molecule has 0 heterocycles. The molecule has 0 rings (SSSR count). The lowest BCUT2D eigenvalue weighted by molar-refractivity contribution is -0.141. The Morgan fingerprint density at radius 3 is 2.18 bits per heavy atom. The van der Waals surface area contributed by atoms with Crippen molar-refractivity contribution in [3.63, 3.8) is 0 Å². The van der Waals surface area contributed by atoms with E-state index < -0.39 is 17.7 Å². The third kappa shape index (κ3) is 3.24. The molecule has 0 aromatic carbocycles. The monoisotopic (exact) mass is 160 g/mol. The van der Waals surface area contributed by atoms with Gasteiger partial charge in [-0.2, -0.15) is 0 Å². The van der Waals surface area contributed by atoms with Crippen molar-refractivity contribution in [1.29, 1.82) is 0 Å². The molecule has 0 saturated carbocycles. The second kappa shape index (κ2) is 4.32. The Hall–Kier alpha value is -1.52. The molecule has 0 aliphatic rings. The van der Waals surface area contributed by atoms with Gasteiger partial charge in [-0.3, -0.25) is 0 Å². The Bertz CT molecular complexity index is 193. The van der Waals surface area contributed by atoms with Crippen molar-refractivity contribution in [1.82, 2.24) is 0 Å².